The zero-order chi connectivity index (χ0) is 15.9. The molecule has 0 aliphatic rings. The minimum atomic E-state index is -0.589. The Hall–Kier alpha value is -1.88. The second kappa shape index (κ2) is 7.94. The summed E-state index contributed by atoms with van der Waals surface area (Å²) in [6, 6.07) is 13.6. The van der Waals surface area contributed by atoms with Gasteiger partial charge in [-0.1, -0.05) is 28.1 Å². The molecule has 0 radical (unpaired) electrons. The highest BCUT2D eigenvalue weighted by Gasteiger charge is 2.13. The van der Waals surface area contributed by atoms with Crippen LogP contribution in [0.2, 0.25) is 0 Å². The number of ether oxygens (including phenoxy) is 1. The Kier molecular flexibility index (Phi) is 5.95. The summed E-state index contributed by atoms with van der Waals surface area (Å²) in [4.78, 5) is 12.0. The van der Waals surface area contributed by atoms with Crippen molar-refractivity contribution in [2.24, 2.45) is 0 Å². The number of benzene rings is 2. The smallest absolute Gasteiger partial charge is 0.260 e. The lowest BCUT2D eigenvalue weighted by molar-refractivity contribution is -0.127. The van der Waals surface area contributed by atoms with E-state index in [9.17, 15) is 9.18 Å². The second-order valence-electron chi connectivity index (χ2n) is 4.88. The van der Waals surface area contributed by atoms with Gasteiger partial charge in [-0.2, -0.15) is 0 Å². The Morgan fingerprint density at radius 3 is 2.68 bits per heavy atom. The van der Waals surface area contributed by atoms with Crippen LogP contribution in [0, 0.1) is 5.82 Å². The molecule has 22 heavy (non-hydrogen) atoms. The lowest BCUT2D eigenvalue weighted by atomic mass is 10.1. The molecule has 5 heteroatoms. The first-order valence-corrected chi connectivity index (χ1v) is 7.78. The van der Waals surface area contributed by atoms with Crippen LogP contribution in [0.25, 0.3) is 0 Å². The lowest BCUT2D eigenvalue weighted by Crippen LogP contribution is -2.37. The van der Waals surface area contributed by atoms with E-state index in [0.29, 0.717) is 18.7 Å². The van der Waals surface area contributed by atoms with E-state index in [1.807, 2.05) is 18.2 Å². The highest BCUT2D eigenvalue weighted by molar-refractivity contribution is 9.10. The van der Waals surface area contributed by atoms with E-state index in [2.05, 4.69) is 21.2 Å². The Balaban J connectivity index is 1.77. The normalized spacial score (nSPS) is 11.8. The van der Waals surface area contributed by atoms with E-state index in [-0.39, 0.29) is 11.7 Å². The largest absolute Gasteiger partial charge is 0.481 e. The fourth-order valence-corrected chi connectivity index (χ4v) is 2.20. The minimum Gasteiger partial charge on any atom is -0.481 e. The fourth-order valence-electron chi connectivity index (χ4n) is 1.94. The van der Waals surface area contributed by atoms with E-state index >= 15 is 0 Å². The van der Waals surface area contributed by atoms with E-state index < -0.39 is 6.10 Å². The molecule has 2 rings (SSSR count). The number of carbonyl (C=O) groups is 1. The van der Waals surface area contributed by atoms with Crippen molar-refractivity contribution in [2.75, 3.05) is 6.54 Å². The van der Waals surface area contributed by atoms with Gasteiger partial charge in [-0.25, -0.2) is 4.39 Å². The molecule has 0 fully saturated rings. The van der Waals surface area contributed by atoms with Crippen LogP contribution in [0.1, 0.15) is 12.5 Å². The Morgan fingerprint density at radius 2 is 2.00 bits per heavy atom. The van der Waals surface area contributed by atoms with Crippen LogP contribution in [-0.4, -0.2) is 18.6 Å². The number of nitrogens with one attached hydrogen (secondary N) is 1. The summed E-state index contributed by atoms with van der Waals surface area (Å²) in [5, 5.41) is 2.79. The standard InChI is InChI=1S/C17H17BrFNO2/c1-12(22-16-7-5-14(18)6-8-16)17(21)20-10-9-13-3-2-4-15(19)11-13/h2-8,11-12H,9-10H2,1H3,(H,20,21). The van der Waals surface area contributed by atoms with Gasteiger partial charge in [-0.05, 0) is 55.3 Å². The molecule has 1 N–H and O–H groups in total. The van der Waals surface area contributed by atoms with Crippen LogP contribution in [0.15, 0.2) is 53.0 Å². The van der Waals surface area contributed by atoms with Gasteiger partial charge in [0, 0.05) is 11.0 Å². The lowest BCUT2D eigenvalue weighted by Gasteiger charge is -2.14. The van der Waals surface area contributed by atoms with Crippen molar-refractivity contribution >= 4 is 21.8 Å². The van der Waals surface area contributed by atoms with Gasteiger partial charge in [0.2, 0.25) is 0 Å². The number of rotatable bonds is 6. The van der Waals surface area contributed by atoms with Gasteiger partial charge >= 0.3 is 0 Å². The van der Waals surface area contributed by atoms with E-state index in [1.54, 1.807) is 25.1 Å². The fraction of sp³-hybridized carbons (Fsp3) is 0.235. The molecular formula is C17H17BrFNO2. The zero-order valence-electron chi connectivity index (χ0n) is 12.2. The third-order valence-electron chi connectivity index (χ3n) is 3.10. The van der Waals surface area contributed by atoms with Crippen molar-refractivity contribution < 1.29 is 13.9 Å². The third-order valence-corrected chi connectivity index (χ3v) is 3.63. The Bertz CT molecular complexity index is 631. The van der Waals surface area contributed by atoms with Gasteiger partial charge in [0.05, 0.1) is 0 Å². The van der Waals surface area contributed by atoms with Gasteiger partial charge in [0.25, 0.3) is 5.91 Å². The first kappa shape index (κ1) is 16.5. The molecular weight excluding hydrogens is 349 g/mol. The summed E-state index contributed by atoms with van der Waals surface area (Å²) in [7, 11) is 0. The molecule has 2 aromatic carbocycles. The predicted molar refractivity (Wildman–Crippen MR) is 87.3 cm³/mol. The number of hydrogen-bond acceptors (Lipinski definition) is 2. The van der Waals surface area contributed by atoms with Crippen molar-refractivity contribution in [2.45, 2.75) is 19.4 Å². The van der Waals surface area contributed by atoms with Gasteiger partial charge < -0.3 is 10.1 Å². The monoisotopic (exact) mass is 365 g/mol. The molecule has 3 nitrogen and oxygen atoms in total. The van der Waals surface area contributed by atoms with Gasteiger partial charge in [-0.3, -0.25) is 4.79 Å². The summed E-state index contributed by atoms with van der Waals surface area (Å²) in [5.74, 6) is 0.172. The number of halogens is 2. The summed E-state index contributed by atoms with van der Waals surface area (Å²) in [5.41, 5.74) is 0.849. The third kappa shape index (κ3) is 5.15. The van der Waals surface area contributed by atoms with Crippen molar-refractivity contribution in [3.63, 3.8) is 0 Å². The average molecular weight is 366 g/mol. The van der Waals surface area contributed by atoms with Gasteiger partial charge in [0.15, 0.2) is 6.10 Å². The predicted octanol–water partition coefficient (Wildman–Crippen LogP) is 3.71. The van der Waals surface area contributed by atoms with Crippen LogP contribution < -0.4 is 10.1 Å². The molecule has 0 spiro atoms. The Morgan fingerprint density at radius 1 is 1.27 bits per heavy atom. The second-order valence-corrected chi connectivity index (χ2v) is 5.80. The maximum absolute atomic E-state index is 13.0. The quantitative estimate of drug-likeness (QED) is 0.847. The SMILES string of the molecule is CC(Oc1ccc(Br)cc1)C(=O)NCCc1cccc(F)c1. The molecule has 1 atom stereocenters. The molecule has 0 aromatic heterocycles. The van der Waals surface area contributed by atoms with Gasteiger partial charge in [-0.15, -0.1) is 0 Å². The Labute approximate surface area is 137 Å². The first-order chi connectivity index (χ1) is 10.5. The van der Waals surface area contributed by atoms with E-state index in [1.165, 1.54) is 12.1 Å². The highest BCUT2D eigenvalue weighted by Crippen LogP contribution is 2.17. The maximum atomic E-state index is 13.0. The average Bonchev–Trinajstić information content (AvgIpc) is 2.49. The van der Waals surface area contributed by atoms with Crippen LogP contribution in [0.4, 0.5) is 4.39 Å². The topological polar surface area (TPSA) is 38.3 Å². The summed E-state index contributed by atoms with van der Waals surface area (Å²) < 4.78 is 19.6. The van der Waals surface area contributed by atoms with Crippen LogP contribution >= 0.6 is 15.9 Å². The van der Waals surface area contributed by atoms with Crippen molar-refractivity contribution in [3.8, 4) is 5.75 Å². The summed E-state index contributed by atoms with van der Waals surface area (Å²) in [6.07, 6.45) is -0.0113. The highest BCUT2D eigenvalue weighted by atomic mass is 79.9. The summed E-state index contributed by atoms with van der Waals surface area (Å²) >= 11 is 3.34. The number of hydrogen-bond donors (Lipinski definition) is 1. The van der Waals surface area contributed by atoms with Crippen molar-refractivity contribution in [1.82, 2.24) is 5.32 Å². The van der Waals surface area contributed by atoms with Gasteiger partial charge in [0.1, 0.15) is 11.6 Å². The molecule has 1 amide bonds. The molecule has 0 saturated heterocycles. The molecule has 0 aliphatic carbocycles. The number of amides is 1. The summed E-state index contributed by atoms with van der Waals surface area (Å²) in [6.45, 7) is 2.13. The van der Waals surface area contributed by atoms with Crippen LogP contribution in [0.3, 0.4) is 0 Å². The molecule has 0 saturated carbocycles. The van der Waals surface area contributed by atoms with E-state index in [4.69, 9.17) is 4.74 Å². The van der Waals surface area contributed by atoms with Crippen molar-refractivity contribution in [3.05, 3.63) is 64.4 Å². The zero-order valence-corrected chi connectivity index (χ0v) is 13.8. The molecule has 0 aliphatic heterocycles. The molecule has 116 valence electrons. The molecule has 0 bridgehead atoms. The van der Waals surface area contributed by atoms with Crippen LogP contribution in [-0.2, 0) is 11.2 Å². The first-order valence-electron chi connectivity index (χ1n) is 6.99. The van der Waals surface area contributed by atoms with Crippen molar-refractivity contribution in [1.29, 1.82) is 0 Å². The molecule has 1 unspecified atom stereocenters. The number of carbonyl (C=O) groups excluding carboxylic acids is 1. The van der Waals surface area contributed by atoms with E-state index in [0.717, 1.165) is 10.0 Å². The minimum absolute atomic E-state index is 0.195. The molecule has 2 aromatic rings. The molecule has 0 heterocycles. The van der Waals surface area contributed by atoms with Crippen LogP contribution in [0.5, 0.6) is 5.75 Å². The maximum Gasteiger partial charge on any atom is 0.260 e.